The molecule has 3 rings (SSSR count). The molecular formula is C21H28N4O2. The van der Waals surface area contributed by atoms with E-state index in [2.05, 4.69) is 29.0 Å². The molecule has 1 aliphatic rings. The van der Waals surface area contributed by atoms with Gasteiger partial charge in [-0.1, -0.05) is 12.1 Å². The molecule has 0 saturated carbocycles. The van der Waals surface area contributed by atoms with E-state index in [0.29, 0.717) is 18.8 Å². The van der Waals surface area contributed by atoms with Crippen LogP contribution in [0.3, 0.4) is 0 Å². The van der Waals surface area contributed by atoms with Gasteiger partial charge < -0.3 is 15.0 Å². The minimum absolute atomic E-state index is 0.0284. The largest absolute Gasteiger partial charge is 0.492 e. The summed E-state index contributed by atoms with van der Waals surface area (Å²) in [6.45, 7) is 8.48. The summed E-state index contributed by atoms with van der Waals surface area (Å²) >= 11 is 0. The highest BCUT2D eigenvalue weighted by Gasteiger charge is 2.27. The van der Waals surface area contributed by atoms with Gasteiger partial charge in [0, 0.05) is 30.9 Å². The number of para-hydroxylation sites is 2. The van der Waals surface area contributed by atoms with Crippen molar-refractivity contribution in [1.29, 1.82) is 0 Å². The first-order chi connectivity index (χ1) is 13.2. The van der Waals surface area contributed by atoms with Crippen molar-refractivity contribution in [2.45, 2.75) is 40.0 Å². The molecule has 1 aromatic heterocycles. The fraction of sp³-hybridized carbons (Fsp3) is 0.476. The summed E-state index contributed by atoms with van der Waals surface area (Å²) in [4.78, 5) is 24.2. The van der Waals surface area contributed by atoms with E-state index in [4.69, 9.17) is 9.72 Å². The average molecular weight is 368 g/mol. The fourth-order valence-electron chi connectivity index (χ4n) is 3.47. The molecule has 1 atom stereocenters. The molecular weight excluding hydrogens is 340 g/mol. The van der Waals surface area contributed by atoms with Crippen molar-refractivity contribution in [2.24, 2.45) is 5.92 Å². The van der Waals surface area contributed by atoms with Gasteiger partial charge in [-0.05, 0) is 57.7 Å². The molecule has 0 fully saturated rings. The first kappa shape index (κ1) is 19.1. The Balaban J connectivity index is 1.70. The van der Waals surface area contributed by atoms with Gasteiger partial charge in [-0.25, -0.2) is 9.97 Å². The Morgan fingerprint density at radius 3 is 2.78 bits per heavy atom. The van der Waals surface area contributed by atoms with Crippen LogP contribution < -0.4 is 15.0 Å². The Morgan fingerprint density at radius 1 is 1.26 bits per heavy atom. The molecule has 1 aromatic carbocycles. The van der Waals surface area contributed by atoms with Crippen LogP contribution >= 0.6 is 0 Å². The lowest BCUT2D eigenvalue weighted by Gasteiger charge is -2.25. The minimum atomic E-state index is -0.0740. The van der Waals surface area contributed by atoms with Crippen LogP contribution in [0.4, 0.5) is 11.6 Å². The summed E-state index contributed by atoms with van der Waals surface area (Å²) < 4.78 is 5.60. The molecule has 2 aromatic rings. The highest BCUT2D eigenvalue weighted by atomic mass is 16.5. The number of hydrogen-bond acceptors (Lipinski definition) is 5. The number of anilines is 2. The second kappa shape index (κ2) is 8.84. The third-order valence-electron chi connectivity index (χ3n) is 5.00. The number of aromatic nitrogens is 2. The van der Waals surface area contributed by atoms with Crippen LogP contribution in [0.5, 0.6) is 5.75 Å². The van der Waals surface area contributed by atoms with Gasteiger partial charge in [0.25, 0.3) is 0 Å². The number of fused-ring (bicyclic) bond motifs is 1. The summed E-state index contributed by atoms with van der Waals surface area (Å²) in [5.41, 5.74) is 2.88. The van der Waals surface area contributed by atoms with Gasteiger partial charge in [-0.15, -0.1) is 0 Å². The summed E-state index contributed by atoms with van der Waals surface area (Å²) in [6.07, 6.45) is 4.17. The van der Waals surface area contributed by atoms with Gasteiger partial charge >= 0.3 is 0 Å². The lowest BCUT2D eigenvalue weighted by Crippen LogP contribution is -2.30. The van der Waals surface area contributed by atoms with Crippen molar-refractivity contribution < 1.29 is 9.53 Å². The Kier molecular flexibility index (Phi) is 6.27. The van der Waals surface area contributed by atoms with Crippen LogP contribution in [0.25, 0.3) is 0 Å². The number of ether oxygens (including phenoxy) is 1. The monoisotopic (exact) mass is 368 g/mol. The highest BCUT2D eigenvalue weighted by molar-refractivity contribution is 5.94. The summed E-state index contributed by atoms with van der Waals surface area (Å²) in [7, 11) is 0. The first-order valence-electron chi connectivity index (χ1n) is 9.78. The van der Waals surface area contributed by atoms with Gasteiger partial charge in [0.2, 0.25) is 11.9 Å². The number of rotatable bonds is 7. The van der Waals surface area contributed by atoms with E-state index in [9.17, 15) is 4.79 Å². The van der Waals surface area contributed by atoms with Crippen molar-refractivity contribution in [1.82, 2.24) is 9.97 Å². The Morgan fingerprint density at radius 2 is 2.04 bits per heavy atom. The van der Waals surface area contributed by atoms with Gasteiger partial charge in [0.1, 0.15) is 5.75 Å². The van der Waals surface area contributed by atoms with Gasteiger partial charge in [-0.3, -0.25) is 4.79 Å². The molecule has 0 bridgehead atoms. The second-order valence-electron chi connectivity index (χ2n) is 6.67. The number of hydrogen-bond donors (Lipinski definition) is 1. The molecule has 144 valence electrons. The Bertz CT molecular complexity index is 790. The summed E-state index contributed by atoms with van der Waals surface area (Å²) in [6, 6.07) is 7.55. The number of nitrogens with one attached hydrogen (secondary N) is 1. The van der Waals surface area contributed by atoms with Crippen LogP contribution in [0.1, 0.15) is 38.4 Å². The van der Waals surface area contributed by atoms with Crippen molar-refractivity contribution in [3.05, 3.63) is 41.7 Å². The maximum atomic E-state index is 12.8. The smallest absolute Gasteiger partial charge is 0.227 e. The van der Waals surface area contributed by atoms with Gasteiger partial charge in [-0.2, -0.15) is 0 Å². The average Bonchev–Trinajstić information content (AvgIpc) is 2.70. The van der Waals surface area contributed by atoms with E-state index in [1.54, 1.807) is 0 Å². The molecule has 0 spiro atoms. The third-order valence-corrected chi connectivity index (χ3v) is 5.00. The zero-order valence-electron chi connectivity index (χ0n) is 16.4. The zero-order valence-corrected chi connectivity index (χ0v) is 16.4. The van der Waals surface area contributed by atoms with Gasteiger partial charge in [0.05, 0.1) is 12.3 Å². The van der Waals surface area contributed by atoms with E-state index >= 15 is 0 Å². The number of aryl methyl sites for hydroxylation is 1. The summed E-state index contributed by atoms with van der Waals surface area (Å²) in [5.74, 6) is 1.44. The van der Waals surface area contributed by atoms with Crippen molar-refractivity contribution >= 4 is 17.5 Å². The summed E-state index contributed by atoms with van der Waals surface area (Å²) in [5, 5.41) is 3.03. The van der Waals surface area contributed by atoms with Crippen molar-refractivity contribution in [3.8, 4) is 5.75 Å². The zero-order chi connectivity index (χ0) is 19.2. The lowest BCUT2D eigenvalue weighted by atomic mass is 9.86. The number of carbonyl (C=O) groups excluding carboxylic acids is 1. The molecule has 27 heavy (non-hydrogen) atoms. The lowest BCUT2D eigenvalue weighted by molar-refractivity contribution is -0.120. The maximum Gasteiger partial charge on any atom is 0.227 e. The fourth-order valence-corrected chi connectivity index (χ4v) is 3.47. The van der Waals surface area contributed by atoms with Crippen LogP contribution in [-0.4, -0.2) is 35.6 Å². The molecule has 0 unspecified atom stereocenters. The molecule has 0 saturated heterocycles. The molecule has 1 aliphatic carbocycles. The maximum absolute atomic E-state index is 12.8. The van der Waals surface area contributed by atoms with E-state index in [1.807, 2.05) is 37.4 Å². The Hall–Kier alpha value is -2.63. The third kappa shape index (κ3) is 4.38. The number of carbonyl (C=O) groups is 1. The topological polar surface area (TPSA) is 67.3 Å². The predicted molar refractivity (Wildman–Crippen MR) is 107 cm³/mol. The molecule has 6 nitrogen and oxygen atoms in total. The minimum Gasteiger partial charge on any atom is -0.492 e. The SMILES string of the molecule is CCOc1ccccc1NC(=O)[C@@H]1CCc2nc(N(CC)CC)ncc2C1. The highest BCUT2D eigenvalue weighted by Crippen LogP contribution is 2.29. The molecule has 1 amide bonds. The van der Waals surface area contributed by atoms with Crippen molar-refractivity contribution in [2.75, 3.05) is 29.9 Å². The number of amides is 1. The molecule has 0 radical (unpaired) electrons. The second-order valence-corrected chi connectivity index (χ2v) is 6.67. The normalized spacial score (nSPS) is 15.7. The van der Waals surface area contributed by atoms with E-state index < -0.39 is 0 Å². The van der Waals surface area contributed by atoms with E-state index in [-0.39, 0.29) is 11.8 Å². The quantitative estimate of drug-likeness (QED) is 0.811. The molecule has 6 heteroatoms. The van der Waals surface area contributed by atoms with Crippen LogP contribution in [0.2, 0.25) is 0 Å². The standard InChI is InChI=1S/C21H28N4O2/c1-4-25(5-2)21-22-14-16-13-15(11-12-17(16)24-21)20(26)23-18-9-7-8-10-19(18)27-6-3/h7-10,14-15H,4-6,11-13H2,1-3H3,(H,23,26)/t15-/m1/s1. The van der Waals surface area contributed by atoms with Crippen LogP contribution in [-0.2, 0) is 17.6 Å². The number of benzene rings is 1. The molecule has 1 N–H and O–H groups in total. The number of nitrogens with zero attached hydrogens (tertiary/aromatic N) is 3. The first-order valence-corrected chi connectivity index (χ1v) is 9.78. The van der Waals surface area contributed by atoms with Crippen molar-refractivity contribution in [3.63, 3.8) is 0 Å². The molecule has 0 aliphatic heterocycles. The van der Waals surface area contributed by atoms with E-state index in [1.165, 1.54) is 0 Å². The van der Waals surface area contributed by atoms with Crippen LogP contribution in [0, 0.1) is 5.92 Å². The van der Waals surface area contributed by atoms with E-state index in [0.717, 1.165) is 48.8 Å². The van der Waals surface area contributed by atoms with Gasteiger partial charge in [0.15, 0.2) is 0 Å². The predicted octanol–water partition coefficient (Wildman–Crippen LogP) is 3.47. The van der Waals surface area contributed by atoms with Crippen LogP contribution in [0.15, 0.2) is 30.5 Å². The Labute approximate surface area is 161 Å². The molecule has 1 heterocycles.